The molecule has 2 rings (SSSR count). The van der Waals surface area contributed by atoms with Crippen molar-refractivity contribution in [2.45, 2.75) is 32.0 Å². The van der Waals surface area contributed by atoms with Crippen LogP contribution in [0.1, 0.15) is 25.3 Å². The normalized spacial score (nSPS) is 19.6. The van der Waals surface area contributed by atoms with E-state index in [-0.39, 0.29) is 11.9 Å². The molecular weight excluding hydrogens is 335 g/mol. The quantitative estimate of drug-likeness (QED) is 0.900. The van der Waals surface area contributed by atoms with Crippen LogP contribution in [0.25, 0.3) is 0 Å². The molecule has 0 bridgehead atoms. The van der Waals surface area contributed by atoms with Crippen LogP contribution in [0, 0.1) is 0 Å². The molecule has 2 heterocycles. The lowest BCUT2D eigenvalue weighted by Gasteiger charge is -2.28. The van der Waals surface area contributed by atoms with Crippen molar-refractivity contribution >= 4 is 21.7 Å². The standard InChI is InChI=1S/C13H17BrF3N3/c1-2-18-8-10-4-3-5-20(10)12-11(13(15,16)17)6-9(14)7-19-12/h6-7,10,18H,2-5,8H2,1H3. The van der Waals surface area contributed by atoms with Crippen molar-refractivity contribution < 1.29 is 13.2 Å². The van der Waals surface area contributed by atoms with Crippen LogP contribution >= 0.6 is 15.9 Å². The average Bonchev–Trinajstić information content (AvgIpc) is 2.83. The molecule has 1 aromatic rings. The summed E-state index contributed by atoms with van der Waals surface area (Å²) in [6.07, 6.45) is -1.18. The molecule has 1 atom stereocenters. The van der Waals surface area contributed by atoms with Gasteiger partial charge in [-0.25, -0.2) is 4.98 Å². The van der Waals surface area contributed by atoms with Gasteiger partial charge in [0, 0.05) is 29.8 Å². The summed E-state index contributed by atoms with van der Waals surface area (Å²) < 4.78 is 39.8. The van der Waals surface area contributed by atoms with E-state index in [9.17, 15) is 13.2 Å². The maximum Gasteiger partial charge on any atom is 0.419 e. The Labute approximate surface area is 124 Å². The minimum absolute atomic E-state index is 0.0427. The molecule has 1 aliphatic rings. The predicted molar refractivity (Wildman–Crippen MR) is 75.9 cm³/mol. The maximum atomic E-state index is 13.2. The lowest BCUT2D eigenvalue weighted by Crippen LogP contribution is -2.39. The molecule has 0 aliphatic carbocycles. The largest absolute Gasteiger partial charge is 0.419 e. The fourth-order valence-corrected chi connectivity index (χ4v) is 2.84. The summed E-state index contributed by atoms with van der Waals surface area (Å²) in [6.45, 7) is 4.10. The highest BCUT2D eigenvalue weighted by Gasteiger charge is 2.38. The van der Waals surface area contributed by atoms with Gasteiger partial charge >= 0.3 is 6.18 Å². The van der Waals surface area contributed by atoms with Gasteiger partial charge in [0.1, 0.15) is 5.82 Å². The van der Waals surface area contributed by atoms with Gasteiger partial charge in [-0.2, -0.15) is 13.2 Å². The van der Waals surface area contributed by atoms with Gasteiger partial charge in [-0.15, -0.1) is 0 Å². The molecular formula is C13H17BrF3N3. The van der Waals surface area contributed by atoms with Crippen molar-refractivity contribution in [3.05, 3.63) is 22.3 Å². The van der Waals surface area contributed by atoms with Crippen LogP contribution in [0.4, 0.5) is 19.0 Å². The van der Waals surface area contributed by atoms with Gasteiger partial charge in [0.05, 0.1) is 5.56 Å². The number of hydrogen-bond acceptors (Lipinski definition) is 3. The van der Waals surface area contributed by atoms with Crippen molar-refractivity contribution in [3.8, 4) is 0 Å². The molecule has 1 fully saturated rings. The summed E-state index contributed by atoms with van der Waals surface area (Å²) in [5, 5.41) is 3.20. The van der Waals surface area contributed by atoms with Gasteiger partial charge < -0.3 is 10.2 Å². The molecule has 0 spiro atoms. The Morgan fingerprint density at radius 3 is 2.90 bits per heavy atom. The fraction of sp³-hybridized carbons (Fsp3) is 0.615. The lowest BCUT2D eigenvalue weighted by atomic mass is 10.2. The molecule has 3 nitrogen and oxygen atoms in total. The average molecular weight is 352 g/mol. The zero-order chi connectivity index (χ0) is 14.8. The molecule has 7 heteroatoms. The van der Waals surface area contributed by atoms with Crippen LogP contribution in [0.2, 0.25) is 0 Å². The van der Waals surface area contributed by atoms with E-state index < -0.39 is 11.7 Å². The number of nitrogens with one attached hydrogen (secondary N) is 1. The molecule has 112 valence electrons. The van der Waals surface area contributed by atoms with E-state index in [1.54, 1.807) is 4.90 Å². The van der Waals surface area contributed by atoms with Gasteiger partial charge in [0.2, 0.25) is 0 Å². The number of anilines is 1. The molecule has 1 saturated heterocycles. The smallest absolute Gasteiger partial charge is 0.352 e. The van der Waals surface area contributed by atoms with Crippen LogP contribution in [-0.2, 0) is 6.18 Å². The summed E-state index contributed by atoms with van der Waals surface area (Å²) in [5.41, 5.74) is -0.671. The topological polar surface area (TPSA) is 28.2 Å². The van der Waals surface area contributed by atoms with E-state index in [4.69, 9.17) is 0 Å². The molecule has 0 amide bonds. The van der Waals surface area contributed by atoms with E-state index >= 15 is 0 Å². The summed E-state index contributed by atoms with van der Waals surface area (Å²) in [4.78, 5) is 5.79. The first-order valence-corrected chi connectivity index (χ1v) is 7.43. The Hall–Kier alpha value is -0.820. The molecule has 0 saturated carbocycles. The van der Waals surface area contributed by atoms with E-state index in [1.807, 2.05) is 6.92 Å². The van der Waals surface area contributed by atoms with Crippen LogP contribution in [0.3, 0.4) is 0 Å². The SMILES string of the molecule is CCNCC1CCCN1c1ncc(Br)cc1C(F)(F)F. The van der Waals surface area contributed by atoms with Crippen molar-refractivity contribution in [2.24, 2.45) is 0 Å². The fourth-order valence-electron chi connectivity index (χ4n) is 2.51. The highest BCUT2D eigenvalue weighted by Crippen LogP contribution is 2.38. The number of alkyl halides is 3. The Kier molecular flexibility index (Phi) is 4.90. The van der Waals surface area contributed by atoms with Gasteiger partial charge in [0.15, 0.2) is 0 Å². The van der Waals surface area contributed by atoms with E-state index in [0.29, 0.717) is 17.6 Å². The van der Waals surface area contributed by atoms with E-state index in [0.717, 1.165) is 25.5 Å². The van der Waals surface area contributed by atoms with Crippen LogP contribution < -0.4 is 10.2 Å². The van der Waals surface area contributed by atoms with Crippen LogP contribution in [0.5, 0.6) is 0 Å². The van der Waals surface area contributed by atoms with Crippen molar-refractivity contribution in [1.29, 1.82) is 0 Å². The van der Waals surface area contributed by atoms with Crippen LogP contribution in [0.15, 0.2) is 16.7 Å². The summed E-state index contributed by atoms with van der Waals surface area (Å²) in [5.74, 6) is 0.0427. The second-order valence-corrected chi connectivity index (χ2v) is 5.74. The van der Waals surface area contributed by atoms with Crippen molar-refractivity contribution in [2.75, 3.05) is 24.5 Å². The molecule has 1 unspecified atom stereocenters. The van der Waals surface area contributed by atoms with Gasteiger partial charge in [-0.3, -0.25) is 0 Å². The van der Waals surface area contributed by atoms with Crippen molar-refractivity contribution in [1.82, 2.24) is 10.3 Å². The van der Waals surface area contributed by atoms with E-state index in [1.165, 1.54) is 6.20 Å². The Bertz CT molecular complexity index is 465. The molecule has 1 aliphatic heterocycles. The zero-order valence-corrected chi connectivity index (χ0v) is 12.8. The predicted octanol–water partition coefficient (Wildman–Crippen LogP) is 3.44. The molecule has 1 N–H and O–H groups in total. The van der Waals surface area contributed by atoms with Crippen LogP contribution in [-0.4, -0.2) is 30.7 Å². The number of rotatable bonds is 4. The monoisotopic (exact) mass is 351 g/mol. The first-order chi connectivity index (χ1) is 9.43. The molecule has 0 aromatic carbocycles. The van der Waals surface area contributed by atoms with E-state index in [2.05, 4.69) is 26.2 Å². The summed E-state index contributed by atoms with van der Waals surface area (Å²) in [6, 6.07) is 1.18. The lowest BCUT2D eigenvalue weighted by molar-refractivity contribution is -0.137. The second kappa shape index (κ2) is 6.30. The number of aromatic nitrogens is 1. The number of pyridine rings is 1. The molecule has 20 heavy (non-hydrogen) atoms. The first kappa shape index (κ1) is 15.6. The van der Waals surface area contributed by atoms with Gasteiger partial charge in [-0.05, 0) is 41.4 Å². The maximum absolute atomic E-state index is 13.2. The highest BCUT2D eigenvalue weighted by molar-refractivity contribution is 9.10. The summed E-state index contributed by atoms with van der Waals surface area (Å²) in [7, 11) is 0. The zero-order valence-electron chi connectivity index (χ0n) is 11.2. The number of halogens is 4. The second-order valence-electron chi connectivity index (χ2n) is 4.82. The molecule has 0 radical (unpaired) electrons. The molecule has 1 aromatic heterocycles. The Morgan fingerprint density at radius 1 is 1.50 bits per heavy atom. The number of nitrogens with zero attached hydrogens (tertiary/aromatic N) is 2. The summed E-state index contributed by atoms with van der Waals surface area (Å²) >= 11 is 3.06. The first-order valence-electron chi connectivity index (χ1n) is 6.63. The Morgan fingerprint density at radius 2 is 2.25 bits per heavy atom. The van der Waals surface area contributed by atoms with Gasteiger partial charge in [-0.1, -0.05) is 6.92 Å². The minimum Gasteiger partial charge on any atom is -0.352 e. The number of likely N-dealkylation sites (N-methyl/N-ethyl adjacent to an activating group) is 1. The third kappa shape index (κ3) is 3.44. The number of hydrogen-bond donors (Lipinski definition) is 1. The Balaban J connectivity index is 2.31. The third-order valence-electron chi connectivity index (χ3n) is 3.42. The minimum atomic E-state index is -4.39. The van der Waals surface area contributed by atoms with Crippen molar-refractivity contribution in [3.63, 3.8) is 0 Å². The third-order valence-corrected chi connectivity index (χ3v) is 3.85. The highest BCUT2D eigenvalue weighted by atomic mass is 79.9. The van der Waals surface area contributed by atoms with Gasteiger partial charge in [0.25, 0.3) is 0 Å².